The first kappa shape index (κ1) is 14.5. The summed E-state index contributed by atoms with van der Waals surface area (Å²) in [6.07, 6.45) is -3.17. The maximum Gasteiger partial charge on any atom is 0.311 e. The van der Waals surface area contributed by atoms with Crippen molar-refractivity contribution in [1.29, 1.82) is 0 Å². The summed E-state index contributed by atoms with van der Waals surface area (Å²) in [5.74, 6) is -0.597. The summed E-state index contributed by atoms with van der Waals surface area (Å²) in [7, 11) is 1.26. The Bertz CT molecular complexity index is 592. The minimum atomic E-state index is -4.63. The van der Waals surface area contributed by atoms with Gasteiger partial charge in [0.05, 0.1) is 18.1 Å². The molecule has 0 aromatic carbocycles. The van der Waals surface area contributed by atoms with Crippen molar-refractivity contribution < 1.29 is 26.9 Å². The number of aromatic nitrogens is 1. The summed E-state index contributed by atoms with van der Waals surface area (Å²) in [6.45, 7) is 0. The van der Waals surface area contributed by atoms with Gasteiger partial charge in [-0.25, -0.2) is 22.2 Å². The number of hydrogen-bond acceptors (Lipinski definition) is 6. The average Bonchev–Trinajstić information content (AvgIpc) is 2.25. The largest absolute Gasteiger partial charge is 0.494 e. The van der Waals surface area contributed by atoms with Gasteiger partial charge in [-0.2, -0.15) is 0 Å². The number of nitro groups is 1. The highest BCUT2D eigenvalue weighted by Crippen LogP contribution is 2.35. The molecule has 7 nitrogen and oxygen atoms in total. The number of hydrogen-bond donors (Lipinski definition) is 0. The highest BCUT2D eigenvalue weighted by atomic mass is 35.7. The fourth-order valence-electron chi connectivity index (χ4n) is 1.11. The topological polar surface area (TPSA) is 99.4 Å². The summed E-state index contributed by atoms with van der Waals surface area (Å²) in [5.41, 5.74) is -2.08. The molecule has 11 heteroatoms. The van der Waals surface area contributed by atoms with Crippen LogP contribution in [-0.2, 0) is 9.05 Å². The van der Waals surface area contributed by atoms with Crippen LogP contribution in [0.25, 0.3) is 0 Å². The Morgan fingerprint density at radius 3 is 2.44 bits per heavy atom. The zero-order valence-corrected chi connectivity index (χ0v) is 10.2. The zero-order chi connectivity index (χ0) is 14.1. The summed E-state index contributed by atoms with van der Waals surface area (Å²) >= 11 is 0. The monoisotopic (exact) mass is 302 g/mol. The van der Waals surface area contributed by atoms with Gasteiger partial charge in [0.25, 0.3) is 15.5 Å². The number of rotatable bonds is 4. The van der Waals surface area contributed by atoms with Crippen molar-refractivity contribution in [3.63, 3.8) is 0 Å². The van der Waals surface area contributed by atoms with Crippen LogP contribution in [0.4, 0.5) is 14.5 Å². The van der Waals surface area contributed by atoms with Crippen molar-refractivity contribution >= 4 is 25.4 Å². The van der Waals surface area contributed by atoms with Gasteiger partial charge in [-0.3, -0.25) is 10.1 Å². The van der Waals surface area contributed by atoms with E-state index in [1.807, 2.05) is 0 Å². The van der Waals surface area contributed by atoms with Crippen LogP contribution < -0.4 is 4.74 Å². The van der Waals surface area contributed by atoms with E-state index in [-0.39, 0.29) is 0 Å². The third-order valence-corrected chi connectivity index (χ3v) is 3.02. The highest BCUT2D eigenvalue weighted by molar-refractivity contribution is 8.13. The zero-order valence-electron chi connectivity index (χ0n) is 8.63. The first-order chi connectivity index (χ1) is 8.18. The van der Waals surface area contributed by atoms with Gasteiger partial charge in [-0.05, 0) is 0 Å². The van der Waals surface area contributed by atoms with Crippen LogP contribution in [0.5, 0.6) is 5.75 Å². The lowest BCUT2D eigenvalue weighted by molar-refractivity contribution is -0.388. The molecule has 0 spiro atoms. The predicted octanol–water partition coefficient (Wildman–Crippen LogP) is 1.86. The lowest BCUT2D eigenvalue weighted by Gasteiger charge is -2.08. The molecule has 0 fully saturated rings. The van der Waals surface area contributed by atoms with Crippen molar-refractivity contribution in [3.05, 3.63) is 21.9 Å². The van der Waals surface area contributed by atoms with Gasteiger partial charge in [0, 0.05) is 10.7 Å². The summed E-state index contributed by atoms with van der Waals surface area (Å²) < 4.78 is 51.7. The molecule has 0 saturated heterocycles. The molecule has 0 aliphatic heterocycles. The molecule has 0 radical (unpaired) electrons. The van der Waals surface area contributed by atoms with E-state index in [1.165, 1.54) is 0 Å². The van der Waals surface area contributed by atoms with Crippen molar-refractivity contribution in [2.75, 3.05) is 7.11 Å². The number of pyridine rings is 1. The van der Waals surface area contributed by atoms with Crippen molar-refractivity contribution in [2.45, 2.75) is 11.5 Å². The smallest absolute Gasteiger partial charge is 0.311 e. The molecule has 1 rings (SSSR count). The molecule has 0 amide bonds. The van der Waals surface area contributed by atoms with Crippen LogP contribution in [0, 0.1) is 10.1 Å². The fraction of sp³-hybridized carbons (Fsp3) is 0.286. The first-order valence-corrected chi connectivity index (χ1v) is 6.45. The number of halogens is 3. The van der Waals surface area contributed by atoms with E-state index in [2.05, 4.69) is 9.72 Å². The fourth-order valence-corrected chi connectivity index (χ4v) is 2.04. The number of ether oxygens (including phenoxy) is 1. The van der Waals surface area contributed by atoms with E-state index in [0.29, 0.717) is 6.07 Å². The highest BCUT2D eigenvalue weighted by Gasteiger charge is 2.31. The van der Waals surface area contributed by atoms with Gasteiger partial charge in [0.15, 0.2) is 11.4 Å². The minimum absolute atomic E-state index is 0.532. The molecule has 0 unspecified atom stereocenters. The molecule has 0 N–H and O–H groups in total. The second kappa shape index (κ2) is 4.98. The first-order valence-electron chi connectivity index (χ1n) is 4.14. The minimum Gasteiger partial charge on any atom is -0.494 e. The maximum absolute atomic E-state index is 12.6. The molecule has 1 heterocycles. The molecule has 0 atom stereocenters. The van der Waals surface area contributed by atoms with Crippen LogP contribution in [0.2, 0.25) is 0 Å². The van der Waals surface area contributed by atoms with Crippen LogP contribution in [0.1, 0.15) is 12.1 Å². The van der Waals surface area contributed by atoms with E-state index in [4.69, 9.17) is 10.7 Å². The van der Waals surface area contributed by atoms with Gasteiger partial charge in [-0.15, -0.1) is 0 Å². The van der Waals surface area contributed by atoms with E-state index in [9.17, 15) is 27.3 Å². The third kappa shape index (κ3) is 2.82. The van der Waals surface area contributed by atoms with E-state index >= 15 is 0 Å². The summed E-state index contributed by atoms with van der Waals surface area (Å²) in [5, 5.41) is 9.37. The Labute approximate surface area is 104 Å². The standard InChI is InChI=1S/C7H5ClF2N2O5S/c1-17-4-2-3(12(13)14)7(18(8,15)16)11-5(4)6(9)10/h2,6H,1H3. The third-order valence-electron chi connectivity index (χ3n) is 1.82. The number of methoxy groups -OCH3 is 1. The second-order valence-electron chi connectivity index (χ2n) is 2.90. The maximum atomic E-state index is 12.6. The average molecular weight is 303 g/mol. The molecule has 0 aliphatic rings. The van der Waals surface area contributed by atoms with Gasteiger partial charge in [0.1, 0.15) is 0 Å². The summed E-state index contributed by atoms with van der Waals surface area (Å²) in [4.78, 5) is 12.5. The second-order valence-corrected chi connectivity index (χ2v) is 5.38. The lowest BCUT2D eigenvalue weighted by Crippen LogP contribution is -2.07. The van der Waals surface area contributed by atoms with E-state index in [0.717, 1.165) is 7.11 Å². The van der Waals surface area contributed by atoms with Crippen LogP contribution in [0.3, 0.4) is 0 Å². The Hall–Kier alpha value is -1.55. The van der Waals surface area contributed by atoms with E-state index < -0.39 is 42.6 Å². The van der Waals surface area contributed by atoms with E-state index in [1.54, 1.807) is 0 Å². The Balaban J connectivity index is 3.69. The molecule has 1 aromatic rings. The molecule has 1 aromatic heterocycles. The van der Waals surface area contributed by atoms with Crippen LogP contribution >= 0.6 is 10.7 Å². The molecule has 0 bridgehead atoms. The van der Waals surface area contributed by atoms with Crippen LogP contribution in [0.15, 0.2) is 11.1 Å². The number of alkyl halides is 2. The van der Waals surface area contributed by atoms with Gasteiger partial charge >= 0.3 is 5.69 Å². The van der Waals surface area contributed by atoms with Crippen molar-refractivity contribution in [2.24, 2.45) is 0 Å². The predicted molar refractivity (Wildman–Crippen MR) is 55.4 cm³/mol. The Morgan fingerprint density at radius 1 is 1.56 bits per heavy atom. The van der Waals surface area contributed by atoms with Gasteiger partial charge in [-0.1, -0.05) is 0 Å². The lowest BCUT2D eigenvalue weighted by atomic mass is 10.3. The molecule has 0 saturated carbocycles. The molecular weight excluding hydrogens is 298 g/mol. The molecule has 18 heavy (non-hydrogen) atoms. The van der Waals surface area contributed by atoms with Crippen molar-refractivity contribution in [3.8, 4) is 5.75 Å². The quantitative estimate of drug-likeness (QED) is 0.478. The number of nitrogens with zero attached hydrogens (tertiary/aromatic N) is 2. The SMILES string of the molecule is COc1cc([N+](=O)[O-])c(S(=O)(=O)Cl)nc1C(F)F. The van der Waals surface area contributed by atoms with Gasteiger partial charge in [0.2, 0.25) is 5.03 Å². The van der Waals surface area contributed by atoms with Gasteiger partial charge < -0.3 is 4.74 Å². The van der Waals surface area contributed by atoms with Crippen LogP contribution in [-0.4, -0.2) is 25.4 Å². The van der Waals surface area contributed by atoms with Crippen molar-refractivity contribution in [1.82, 2.24) is 4.98 Å². The molecule has 100 valence electrons. The summed E-state index contributed by atoms with van der Waals surface area (Å²) in [6, 6.07) is 0.532. The Morgan fingerprint density at radius 2 is 2.11 bits per heavy atom. The molecular formula is C7H5ClF2N2O5S. The Kier molecular flexibility index (Phi) is 4.02. The normalized spacial score (nSPS) is 11.6. The molecule has 0 aliphatic carbocycles.